The summed E-state index contributed by atoms with van der Waals surface area (Å²) in [6.45, 7) is 2.25. The van der Waals surface area contributed by atoms with E-state index in [0.717, 1.165) is 0 Å². The summed E-state index contributed by atoms with van der Waals surface area (Å²) in [5.74, 6) is 0. The molecule has 70 valence electrons. The van der Waals surface area contributed by atoms with Gasteiger partial charge in [-0.2, -0.15) is 0 Å². The van der Waals surface area contributed by atoms with Gasteiger partial charge in [0.05, 0.1) is 0 Å². The molecule has 1 aliphatic rings. The van der Waals surface area contributed by atoms with Crippen molar-refractivity contribution in [3.63, 3.8) is 0 Å². The van der Waals surface area contributed by atoms with Gasteiger partial charge in [-0.05, 0) is 24.5 Å². The highest BCUT2D eigenvalue weighted by molar-refractivity contribution is 5.56. The van der Waals surface area contributed by atoms with Gasteiger partial charge in [0.15, 0.2) is 0 Å². The standard InChI is InChI=1S/C12H17N/c1-2-3-7-11-9-10-6-4-5-8-12(10)13-11/h4-6,8,11,13H,2-3,7,9H2,1H3/t11-/m1/s1. The summed E-state index contributed by atoms with van der Waals surface area (Å²) in [5, 5.41) is 3.57. The topological polar surface area (TPSA) is 12.0 Å². The highest BCUT2D eigenvalue weighted by atomic mass is 14.9. The lowest BCUT2D eigenvalue weighted by Crippen LogP contribution is -2.14. The lowest BCUT2D eigenvalue weighted by molar-refractivity contribution is 0.623. The third-order valence-electron chi connectivity index (χ3n) is 2.75. The molecule has 0 fully saturated rings. The number of rotatable bonds is 3. The van der Waals surface area contributed by atoms with Gasteiger partial charge in [-0.15, -0.1) is 0 Å². The molecule has 0 spiro atoms. The first-order valence-electron chi connectivity index (χ1n) is 5.24. The summed E-state index contributed by atoms with van der Waals surface area (Å²) in [5.41, 5.74) is 2.84. The molecule has 1 aromatic carbocycles. The van der Waals surface area contributed by atoms with Crippen molar-refractivity contribution in [1.82, 2.24) is 0 Å². The molecule has 0 saturated carbocycles. The fourth-order valence-corrected chi connectivity index (χ4v) is 2.00. The Bertz CT molecular complexity index is 255. The van der Waals surface area contributed by atoms with Crippen molar-refractivity contribution >= 4 is 5.69 Å². The normalized spacial score (nSPS) is 19.6. The highest BCUT2D eigenvalue weighted by Crippen LogP contribution is 2.27. The van der Waals surface area contributed by atoms with E-state index in [-0.39, 0.29) is 0 Å². The summed E-state index contributed by atoms with van der Waals surface area (Å²) >= 11 is 0. The minimum atomic E-state index is 0.692. The van der Waals surface area contributed by atoms with Gasteiger partial charge < -0.3 is 5.32 Å². The average Bonchev–Trinajstić information content (AvgIpc) is 2.57. The second-order valence-corrected chi connectivity index (χ2v) is 3.84. The molecule has 0 saturated heterocycles. The van der Waals surface area contributed by atoms with Crippen molar-refractivity contribution in [2.45, 2.75) is 38.6 Å². The van der Waals surface area contributed by atoms with Crippen LogP contribution in [0.15, 0.2) is 24.3 Å². The van der Waals surface area contributed by atoms with E-state index in [2.05, 4.69) is 36.5 Å². The first-order chi connectivity index (χ1) is 6.40. The van der Waals surface area contributed by atoms with Crippen LogP contribution in [0.1, 0.15) is 31.7 Å². The van der Waals surface area contributed by atoms with Gasteiger partial charge in [0.2, 0.25) is 0 Å². The van der Waals surface area contributed by atoms with Crippen LogP contribution >= 0.6 is 0 Å². The number of hydrogen-bond acceptors (Lipinski definition) is 1. The molecule has 1 heteroatoms. The molecule has 1 heterocycles. The Morgan fingerprint density at radius 2 is 2.23 bits per heavy atom. The van der Waals surface area contributed by atoms with Crippen LogP contribution in [-0.4, -0.2) is 6.04 Å². The Hall–Kier alpha value is -0.980. The molecule has 1 aromatic rings. The van der Waals surface area contributed by atoms with Crippen molar-refractivity contribution in [1.29, 1.82) is 0 Å². The van der Waals surface area contributed by atoms with E-state index in [1.54, 1.807) is 0 Å². The average molecular weight is 175 g/mol. The number of benzene rings is 1. The third kappa shape index (κ3) is 1.85. The van der Waals surface area contributed by atoms with Crippen molar-refractivity contribution < 1.29 is 0 Å². The predicted octanol–water partition coefficient (Wildman–Crippen LogP) is 3.21. The first-order valence-corrected chi connectivity index (χ1v) is 5.24. The monoisotopic (exact) mass is 175 g/mol. The predicted molar refractivity (Wildman–Crippen MR) is 57.1 cm³/mol. The molecule has 0 aromatic heterocycles. The second-order valence-electron chi connectivity index (χ2n) is 3.84. The van der Waals surface area contributed by atoms with Gasteiger partial charge in [-0.1, -0.05) is 38.0 Å². The summed E-state index contributed by atoms with van der Waals surface area (Å²) in [7, 11) is 0. The van der Waals surface area contributed by atoms with Gasteiger partial charge in [-0.3, -0.25) is 0 Å². The minimum absolute atomic E-state index is 0.692. The Balaban J connectivity index is 1.97. The molecule has 2 rings (SSSR count). The van der Waals surface area contributed by atoms with Gasteiger partial charge in [0.1, 0.15) is 0 Å². The molecule has 0 radical (unpaired) electrons. The molecular weight excluding hydrogens is 158 g/mol. The number of unbranched alkanes of at least 4 members (excludes halogenated alkanes) is 1. The second kappa shape index (κ2) is 3.82. The molecule has 0 bridgehead atoms. The maximum atomic E-state index is 3.57. The fraction of sp³-hybridized carbons (Fsp3) is 0.500. The molecule has 1 aliphatic heterocycles. The molecule has 0 amide bonds. The van der Waals surface area contributed by atoms with E-state index in [1.165, 1.54) is 36.9 Å². The van der Waals surface area contributed by atoms with Gasteiger partial charge >= 0.3 is 0 Å². The number of hydrogen-bond donors (Lipinski definition) is 1. The molecule has 1 nitrogen and oxygen atoms in total. The smallest absolute Gasteiger partial charge is 0.0375 e. The zero-order chi connectivity index (χ0) is 9.10. The molecule has 0 aliphatic carbocycles. The van der Waals surface area contributed by atoms with Crippen LogP contribution in [-0.2, 0) is 6.42 Å². The van der Waals surface area contributed by atoms with Crippen molar-refractivity contribution in [3.05, 3.63) is 29.8 Å². The maximum absolute atomic E-state index is 3.57. The summed E-state index contributed by atoms with van der Waals surface area (Å²) in [6, 6.07) is 9.34. The Morgan fingerprint density at radius 3 is 3.00 bits per heavy atom. The largest absolute Gasteiger partial charge is 0.382 e. The maximum Gasteiger partial charge on any atom is 0.0375 e. The highest BCUT2D eigenvalue weighted by Gasteiger charge is 2.18. The van der Waals surface area contributed by atoms with E-state index in [9.17, 15) is 0 Å². The zero-order valence-corrected chi connectivity index (χ0v) is 8.22. The fourth-order valence-electron chi connectivity index (χ4n) is 2.00. The van der Waals surface area contributed by atoms with E-state index >= 15 is 0 Å². The molecule has 13 heavy (non-hydrogen) atoms. The molecule has 1 atom stereocenters. The number of para-hydroxylation sites is 1. The van der Waals surface area contributed by atoms with E-state index in [0.29, 0.717) is 6.04 Å². The van der Waals surface area contributed by atoms with Crippen molar-refractivity contribution in [3.8, 4) is 0 Å². The zero-order valence-electron chi connectivity index (χ0n) is 8.22. The first kappa shape index (κ1) is 8.61. The molecular formula is C12H17N. The summed E-state index contributed by atoms with van der Waals surface area (Å²) in [4.78, 5) is 0. The van der Waals surface area contributed by atoms with Crippen LogP contribution in [0.25, 0.3) is 0 Å². The van der Waals surface area contributed by atoms with E-state index < -0.39 is 0 Å². The summed E-state index contributed by atoms with van der Waals surface area (Å²) in [6.07, 6.45) is 5.17. The van der Waals surface area contributed by atoms with Gasteiger partial charge in [0, 0.05) is 11.7 Å². The number of fused-ring (bicyclic) bond motifs is 1. The Kier molecular flexibility index (Phi) is 2.53. The minimum Gasteiger partial charge on any atom is -0.382 e. The van der Waals surface area contributed by atoms with Crippen LogP contribution in [0.3, 0.4) is 0 Å². The van der Waals surface area contributed by atoms with Crippen LogP contribution in [0.4, 0.5) is 5.69 Å². The van der Waals surface area contributed by atoms with E-state index in [4.69, 9.17) is 0 Å². The van der Waals surface area contributed by atoms with Crippen LogP contribution in [0.5, 0.6) is 0 Å². The van der Waals surface area contributed by atoms with Crippen molar-refractivity contribution in [2.75, 3.05) is 5.32 Å². The third-order valence-corrected chi connectivity index (χ3v) is 2.75. The lowest BCUT2D eigenvalue weighted by atomic mass is 10.1. The van der Waals surface area contributed by atoms with Crippen molar-refractivity contribution in [2.24, 2.45) is 0 Å². The summed E-state index contributed by atoms with van der Waals surface area (Å²) < 4.78 is 0. The molecule has 1 N–H and O–H groups in total. The Labute approximate surface area is 80.2 Å². The number of anilines is 1. The Morgan fingerprint density at radius 1 is 1.38 bits per heavy atom. The number of nitrogens with one attached hydrogen (secondary N) is 1. The van der Waals surface area contributed by atoms with E-state index in [1.807, 2.05) is 0 Å². The van der Waals surface area contributed by atoms with Crippen LogP contribution in [0.2, 0.25) is 0 Å². The lowest BCUT2D eigenvalue weighted by Gasteiger charge is -2.09. The quantitative estimate of drug-likeness (QED) is 0.743. The van der Waals surface area contributed by atoms with Gasteiger partial charge in [-0.25, -0.2) is 0 Å². The van der Waals surface area contributed by atoms with Crippen LogP contribution < -0.4 is 5.32 Å². The molecule has 0 unspecified atom stereocenters. The van der Waals surface area contributed by atoms with Gasteiger partial charge in [0.25, 0.3) is 0 Å². The van der Waals surface area contributed by atoms with Crippen LogP contribution in [0, 0.1) is 0 Å². The SMILES string of the molecule is CCCC[C@@H]1Cc2ccccc2N1.